The molecule has 1 rings (SSSR count). The number of para-hydroxylation sites is 1. The highest BCUT2D eigenvalue weighted by atomic mass is 35.5. The molecular formula is C9H9ClO3. The number of hydrogen-bond donors (Lipinski definition) is 1. The standard InChI is InChI=1S/C9H9ClO3/c1-6(11)13-8-5-3-2-4-7(8)9(10)12/h2-6,11H,1H3. The van der Waals surface area contributed by atoms with Crippen molar-refractivity contribution in [1.29, 1.82) is 0 Å². The van der Waals surface area contributed by atoms with E-state index in [1.165, 1.54) is 13.0 Å². The molecule has 0 saturated carbocycles. The van der Waals surface area contributed by atoms with Crippen LogP contribution in [0.25, 0.3) is 0 Å². The lowest BCUT2D eigenvalue weighted by Gasteiger charge is -2.10. The van der Waals surface area contributed by atoms with Gasteiger partial charge >= 0.3 is 0 Å². The van der Waals surface area contributed by atoms with Gasteiger partial charge in [-0.2, -0.15) is 0 Å². The summed E-state index contributed by atoms with van der Waals surface area (Å²) in [6.45, 7) is 1.45. The molecule has 3 nitrogen and oxygen atoms in total. The van der Waals surface area contributed by atoms with Crippen LogP contribution in [0.1, 0.15) is 17.3 Å². The number of carbonyl (C=O) groups is 1. The number of carbonyl (C=O) groups excluding carboxylic acids is 1. The molecule has 0 aliphatic heterocycles. The van der Waals surface area contributed by atoms with Crippen LogP contribution in [-0.2, 0) is 0 Å². The van der Waals surface area contributed by atoms with Crippen LogP contribution in [0.5, 0.6) is 5.75 Å². The van der Waals surface area contributed by atoms with Crippen LogP contribution >= 0.6 is 11.6 Å². The normalized spacial score (nSPS) is 12.2. The maximum atomic E-state index is 10.9. The predicted octanol–water partition coefficient (Wildman–Crippen LogP) is 1.78. The van der Waals surface area contributed by atoms with Gasteiger partial charge in [-0.3, -0.25) is 4.79 Å². The van der Waals surface area contributed by atoms with Gasteiger partial charge in [0.2, 0.25) is 0 Å². The summed E-state index contributed by atoms with van der Waals surface area (Å²) < 4.78 is 4.96. The Morgan fingerprint density at radius 2 is 2.15 bits per heavy atom. The Balaban J connectivity index is 2.98. The lowest BCUT2D eigenvalue weighted by atomic mass is 10.2. The van der Waals surface area contributed by atoms with Gasteiger partial charge in [-0.15, -0.1) is 0 Å². The molecular weight excluding hydrogens is 192 g/mol. The molecule has 0 aromatic heterocycles. The number of aliphatic hydroxyl groups is 1. The van der Waals surface area contributed by atoms with Gasteiger partial charge in [0.25, 0.3) is 5.24 Å². The molecule has 0 heterocycles. The average molecular weight is 201 g/mol. The molecule has 0 fully saturated rings. The molecule has 4 heteroatoms. The second-order valence-electron chi connectivity index (χ2n) is 2.49. The molecule has 70 valence electrons. The van der Waals surface area contributed by atoms with E-state index in [9.17, 15) is 4.79 Å². The molecule has 0 amide bonds. The first kappa shape index (κ1) is 10.0. The second-order valence-corrected chi connectivity index (χ2v) is 2.83. The smallest absolute Gasteiger partial charge is 0.256 e. The highest BCUT2D eigenvalue weighted by molar-refractivity contribution is 6.68. The van der Waals surface area contributed by atoms with Gasteiger partial charge in [0.1, 0.15) is 5.75 Å². The third kappa shape index (κ3) is 2.72. The van der Waals surface area contributed by atoms with Crippen LogP contribution in [0.4, 0.5) is 0 Å². The number of rotatable bonds is 3. The largest absolute Gasteiger partial charge is 0.465 e. The van der Waals surface area contributed by atoms with E-state index in [0.29, 0.717) is 0 Å². The summed E-state index contributed by atoms with van der Waals surface area (Å²) >= 11 is 5.29. The fourth-order valence-electron chi connectivity index (χ4n) is 0.916. The third-order valence-electron chi connectivity index (χ3n) is 1.40. The zero-order valence-corrected chi connectivity index (χ0v) is 7.78. The Hall–Kier alpha value is -1.06. The molecule has 13 heavy (non-hydrogen) atoms. The van der Waals surface area contributed by atoms with Crippen molar-refractivity contribution in [2.75, 3.05) is 0 Å². The summed E-state index contributed by atoms with van der Waals surface area (Å²) in [6, 6.07) is 6.47. The molecule has 1 atom stereocenters. The topological polar surface area (TPSA) is 46.5 Å². The van der Waals surface area contributed by atoms with Gasteiger partial charge in [-0.1, -0.05) is 12.1 Å². The SMILES string of the molecule is CC(O)Oc1ccccc1C(=O)Cl. The molecule has 0 spiro atoms. The van der Waals surface area contributed by atoms with Crippen molar-refractivity contribution >= 4 is 16.8 Å². The van der Waals surface area contributed by atoms with Gasteiger partial charge in [0.15, 0.2) is 6.29 Å². The van der Waals surface area contributed by atoms with Crippen LogP contribution in [0.3, 0.4) is 0 Å². The first-order valence-corrected chi connectivity index (χ1v) is 4.12. The van der Waals surface area contributed by atoms with Crippen molar-refractivity contribution < 1.29 is 14.6 Å². The third-order valence-corrected chi connectivity index (χ3v) is 1.60. The van der Waals surface area contributed by atoms with Crippen molar-refractivity contribution in [2.24, 2.45) is 0 Å². The van der Waals surface area contributed by atoms with Crippen LogP contribution in [0, 0.1) is 0 Å². The van der Waals surface area contributed by atoms with E-state index in [0.717, 1.165) is 0 Å². The van der Waals surface area contributed by atoms with E-state index in [1.807, 2.05) is 0 Å². The predicted molar refractivity (Wildman–Crippen MR) is 48.9 cm³/mol. The van der Waals surface area contributed by atoms with Crippen LogP contribution in [0.15, 0.2) is 24.3 Å². The zero-order valence-electron chi connectivity index (χ0n) is 7.03. The Morgan fingerprint density at radius 1 is 1.54 bits per heavy atom. The van der Waals surface area contributed by atoms with Gasteiger partial charge < -0.3 is 9.84 Å². The van der Waals surface area contributed by atoms with Gasteiger partial charge in [0, 0.05) is 0 Å². The van der Waals surface area contributed by atoms with Gasteiger partial charge in [0.05, 0.1) is 5.56 Å². The molecule has 0 aliphatic rings. The fraction of sp³-hybridized carbons (Fsp3) is 0.222. The van der Waals surface area contributed by atoms with Crippen LogP contribution in [-0.4, -0.2) is 16.6 Å². The lowest BCUT2D eigenvalue weighted by Crippen LogP contribution is -2.11. The Labute approximate surface area is 80.9 Å². The molecule has 0 aliphatic carbocycles. The van der Waals surface area contributed by atoms with E-state index < -0.39 is 11.5 Å². The molecule has 1 unspecified atom stereocenters. The van der Waals surface area contributed by atoms with Crippen LogP contribution in [0.2, 0.25) is 0 Å². The van der Waals surface area contributed by atoms with E-state index in [2.05, 4.69) is 0 Å². The van der Waals surface area contributed by atoms with Crippen molar-refractivity contribution in [3.05, 3.63) is 29.8 Å². The number of aliphatic hydroxyl groups excluding tert-OH is 1. The number of halogens is 1. The van der Waals surface area contributed by atoms with E-state index in [1.54, 1.807) is 18.2 Å². The summed E-state index contributed by atoms with van der Waals surface area (Å²) in [4.78, 5) is 10.9. The van der Waals surface area contributed by atoms with Gasteiger partial charge in [-0.05, 0) is 30.7 Å². The molecule has 0 bridgehead atoms. The summed E-state index contributed by atoms with van der Waals surface area (Å²) in [5.74, 6) is 0.289. The van der Waals surface area contributed by atoms with Crippen molar-refractivity contribution in [3.8, 4) is 5.75 Å². The monoisotopic (exact) mass is 200 g/mol. The molecule has 1 N–H and O–H groups in total. The summed E-state index contributed by atoms with van der Waals surface area (Å²) in [7, 11) is 0. The van der Waals surface area contributed by atoms with Gasteiger partial charge in [-0.25, -0.2) is 0 Å². The zero-order chi connectivity index (χ0) is 9.84. The Bertz CT molecular complexity index is 309. The highest BCUT2D eigenvalue weighted by Crippen LogP contribution is 2.20. The first-order valence-electron chi connectivity index (χ1n) is 3.75. The molecule has 0 radical (unpaired) electrons. The minimum Gasteiger partial charge on any atom is -0.465 e. The molecule has 1 aromatic carbocycles. The lowest BCUT2D eigenvalue weighted by molar-refractivity contribution is -0.000669. The van der Waals surface area contributed by atoms with E-state index in [4.69, 9.17) is 21.4 Å². The maximum Gasteiger partial charge on any atom is 0.256 e. The van der Waals surface area contributed by atoms with E-state index in [-0.39, 0.29) is 11.3 Å². The summed E-state index contributed by atoms with van der Waals surface area (Å²) in [6.07, 6.45) is -0.961. The van der Waals surface area contributed by atoms with Crippen LogP contribution < -0.4 is 4.74 Å². The number of benzene rings is 1. The van der Waals surface area contributed by atoms with Crippen molar-refractivity contribution in [1.82, 2.24) is 0 Å². The van der Waals surface area contributed by atoms with E-state index >= 15 is 0 Å². The highest BCUT2D eigenvalue weighted by Gasteiger charge is 2.10. The molecule has 1 aromatic rings. The first-order chi connectivity index (χ1) is 6.11. The molecule has 0 saturated heterocycles. The van der Waals surface area contributed by atoms with Crippen molar-refractivity contribution in [3.63, 3.8) is 0 Å². The average Bonchev–Trinajstić information content (AvgIpc) is 2.03. The van der Waals surface area contributed by atoms with Crippen molar-refractivity contribution in [2.45, 2.75) is 13.2 Å². The summed E-state index contributed by atoms with van der Waals surface area (Å²) in [5, 5.41) is 8.33. The number of ether oxygens (including phenoxy) is 1. The maximum absolute atomic E-state index is 10.9. The Kier molecular flexibility index (Phi) is 3.28. The second kappa shape index (κ2) is 4.25. The number of hydrogen-bond acceptors (Lipinski definition) is 3. The summed E-state index contributed by atoms with van der Waals surface area (Å²) in [5.41, 5.74) is 0.255. The fourth-order valence-corrected chi connectivity index (χ4v) is 1.07. The minimum atomic E-state index is -0.961. The minimum absolute atomic E-state index is 0.255. The Morgan fingerprint density at radius 3 is 2.69 bits per heavy atom. The quantitative estimate of drug-likeness (QED) is 0.598.